The minimum absolute atomic E-state index is 0.396. The fourth-order valence-electron chi connectivity index (χ4n) is 0.946. The van der Waals surface area contributed by atoms with E-state index in [-0.39, 0.29) is 0 Å². The zero-order valence-corrected chi connectivity index (χ0v) is 12.1. The molecule has 90 valence electrons. The molecule has 1 N–H and O–H groups in total. The molecule has 6 heteroatoms. The number of hydrogen-bond donors (Lipinski definition) is 1. The van der Waals surface area contributed by atoms with Crippen LogP contribution in [0.1, 0.15) is 26.2 Å². The summed E-state index contributed by atoms with van der Waals surface area (Å²) in [6, 6.07) is 0. The van der Waals surface area contributed by atoms with Crippen LogP contribution in [0.3, 0.4) is 0 Å². The summed E-state index contributed by atoms with van der Waals surface area (Å²) in [7, 11) is -3.26. The van der Waals surface area contributed by atoms with Crippen molar-refractivity contribution in [3.05, 3.63) is 0 Å². The Bertz CT molecular complexity index is 290. The number of hydrogen-bond acceptors (Lipinski definition) is 3. The number of halogens is 1. The van der Waals surface area contributed by atoms with E-state index < -0.39 is 21.0 Å². The van der Waals surface area contributed by atoms with E-state index in [4.69, 9.17) is 0 Å². The first-order valence-corrected chi connectivity index (χ1v) is 8.40. The van der Waals surface area contributed by atoms with Crippen molar-refractivity contribution < 1.29 is 13.2 Å². The van der Waals surface area contributed by atoms with Crippen LogP contribution in [0.5, 0.6) is 0 Å². The second kappa shape index (κ2) is 7.43. The van der Waals surface area contributed by atoms with Gasteiger partial charge in [0.25, 0.3) is 0 Å². The largest absolute Gasteiger partial charge is 0.355 e. The molecule has 0 bridgehead atoms. The van der Waals surface area contributed by atoms with Crippen LogP contribution in [-0.4, -0.2) is 36.8 Å². The van der Waals surface area contributed by atoms with Crippen molar-refractivity contribution in [2.45, 2.75) is 31.4 Å². The Morgan fingerprint density at radius 3 is 2.40 bits per heavy atom. The molecule has 0 spiro atoms. The average Bonchev–Trinajstić information content (AvgIpc) is 2.14. The first kappa shape index (κ1) is 15.2. The van der Waals surface area contributed by atoms with Crippen LogP contribution in [0.4, 0.5) is 0 Å². The van der Waals surface area contributed by atoms with Gasteiger partial charge in [0, 0.05) is 12.8 Å². The van der Waals surface area contributed by atoms with Gasteiger partial charge in [-0.05, 0) is 24.2 Å². The van der Waals surface area contributed by atoms with Crippen molar-refractivity contribution in [3.63, 3.8) is 0 Å². The molecule has 0 aromatic carbocycles. The molecule has 0 saturated carbocycles. The van der Waals surface area contributed by atoms with Crippen molar-refractivity contribution in [3.8, 4) is 0 Å². The highest BCUT2D eigenvalue weighted by molar-refractivity contribution is 14.1. The van der Waals surface area contributed by atoms with Crippen LogP contribution in [0.25, 0.3) is 0 Å². The van der Waals surface area contributed by atoms with Gasteiger partial charge in [0.2, 0.25) is 5.91 Å². The molecule has 15 heavy (non-hydrogen) atoms. The van der Waals surface area contributed by atoms with E-state index in [1.807, 2.05) is 0 Å². The lowest BCUT2D eigenvalue weighted by Crippen LogP contribution is -2.37. The topological polar surface area (TPSA) is 63.2 Å². The summed E-state index contributed by atoms with van der Waals surface area (Å²) in [5.41, 5.74) is 0. The number of carbonyl (C=O) groups excluding carboxylic acids is 1. The normalized spacial score (nSPS) is 13.5. The van der Waals surface area contributed by atoms with Gasteiger partial charge < -0.3 is 5.32 Å². The summed E-state index contributed by atoms with van der Waals surface area (Å²) < 4.78 is 23.2. The van der Waals surface area contributed by atoms with Crippen molar-refractivity contribution >= 4 is 38.3 Å². The quantitative estimate of drug-likeness (QED) is 0.427. The summed E-state index contributed by atoms with van der Waals surface area (Å²) in [4.78, 5) is 11.3. The highest BCUT2D eigenvalue weighted by atomic mass is 127. The average molecular weight is 347 g/mol. The third-order valence-electron chi connectivity index (χ3n) is 2.12. The van der Waals surface area contributed by atoms with Gasteiger partial charge in [0.15, 0.2) is 9.84 Å². The second-order valence-electron chi connectivity index (χ2n) is 3.51. The maximum absolute atomic E-state index is 11.3. The summed E-state index contributed by atoms with van der Waals surface area (Å²) in [5, 5.41) is 1.68. The molecule has 1 atom stereocenters. The number of alkyl halides is 1. The molecule has 0 rings (SSSR count). The minimum atomic E-state index is -3.26. The number of carbonyl (C=O) groups is 1. The van der Waals surface area contributed by atoms with E-state index in [0.29, 0.717) is 6.54 Å². The van der Waals surface area contributed by atoms with Gasteiger partial charge in [-0.2, -0.15) is 0 Å². The van der Waals surface area contributed by atoms with Gasteiger partial charge in [-0.3, -0.25) is 4.79 Å². The van der Waals surface area contributed by atoms with Crippen LogP contribution < -0.4 is 5.32 Å². The Morgan fingerprint density at radius 2 is 1.93 bits per heavy atom. The third-order valence-corrected chi connectivity index (χ3v) is 4.38. The van der Waals surface area contributed by atoms with E-state index >= 15 is 0 Å². The Morgan fingerprint density at radius 1 is 1.33 bits per heavy atom. The number of nitrogens with one attached hydrogen (secondary N) is 1. The number of unbranched alkanes of at least 4 members (excludes halogenated alkanes) is 2. The zero-order valence-electron chi connectivity index (χ0n) is 9.12. The van der Waals surface area contributed by atoms with Gasteiger partial charge in [-0.1, -0.05) is 29.0 Å². The minimum Gasteiger partial charge on any atom is -0.355 e. The molecule has 0 radical (unpaired) electrons. The molecule has 0 heterocycles. The molecule has 0 aromatic heterocycles. The molecule has 0 aliphatic carbocycles. The van der Waals surface area contributed by atoms with E-state index in [9.17, 15) is 13.2 Å². The lowest BCUT2D eigenvalue weighted by Gasteiger charge is -2.09. The molecule has 4 nitrogen and oxygen atoms in total. The number of rotatable bonds is 7. The van der Waals surface area contributed by atoms with Gasteiger partial charge >= 0.3 is 0 Å². The predicted molar refractivity (Wildman–Crippen MR) is 70.1 cm³/mol. The summed E-state index contributed by atoms with van der Waals surface area (Å²) in [5.74, 6) is -0.396. The SMILES string of the molecule is CC(C(=O)NCCCCCI)S(C)(=O)=O. The van der Waals surface area contributed by atoms with Crippen molar-refractivity contribution in [1.29, 1.82) is 0 Å². The fraction of sp³-hybridized carbons (Fsp3) is 0.889. The van der Waals surface area contributed by atoms with Crippen LogP contribution in [0, 0.1) is 0 Å². The smallest absolute Gasteiger partial charge is 0.238 e. The van der Waals surface area contributed by atoms with E-state index in [2.05, 4.69) is 27.9 Å². The highest BCUT2D eigenvalue weighted by Crippen LogP contribution is 2.00. The number of sulfone groups is 1. The molecule has 0 aliphatic heterocycles. The fourth-order valence-corrected chi connectivity index (χ4v) is 1.96. The molecule has 1 unspecified atom stereocenters. The van der Waals surface area contributed by atoms with Gasteiger partial charge in [-0.15, -0.1) is 0 Å². The first-order valence-electron chi connectivity index (χ1n) is 4.92. The van der Waals surface area contributed by atoms with Gasteiger partial charge in [0.1, 0.15) is 5.25 Å². The lowest BCUT2D eigenvalue weighted by molar-refractivity contribution is -0.120. The monoisotopic (exact) mass is 347 g/mol. The summed E-state index contributed by atoms with van der Waals surface area (Å²) in [6.45, 7) is 1.98. The van der Waals surface area contributed by atoms with E-state index in [0.717, 1.165) is 29.9 Å². The van der Waals surface area contributed by atoms with Crippen molar-refractivity contribution in [2.75, 3.05) is 17.2 Å². The van der Waals surface area contributed by atoms with Crippen LogP contribution in [0.2, 0.25) is 0 Å². The summed E-state index contributed by atoms with van der Waals surface area (Å²) >= 11 is 2.31. The summed E-state index contributed by atoms with van der Waals surface area (Å²) in [6.07, 6.45) is 4.19. The highest BCUT2D eigenvalue weighted by Gasteiger charge is 2.22. The van der Waals surface area contributed by atoms with Crippen molar-refractivity contribution in [2.24, 2.45) is 0 Å². The van der Waals surface area contributed by atoms with Crippen LogP contribution in [-0.2, 0) is 14.6 Å². The Hall–Kier alpha value is 0.150. The molecule has 0 aromatic rings. The first-order chi connectivity index (χ1) is 6.89. The van der Waals surface area contributed by atoms with Gasteiger partial charge in [0.05, 0.1) is 0 Å². The molecular formula is C9H18INO3S. The van der Waals surface area contributed by atoms with Crippen molar-refractivity contribution in [1.82, 2.24) is 5.32 Å². The molecule has 0 saturated heterocycles. The van der Waals surface area contributed by atoms with Crippen LogP contribution in [0.15, 0.2) is 0 Å². The van der Waals surface area contributed by atoms with E-state index in [1.165, 1.54) is 6.92 Å². The lowest BCUT2D eigenvalue weighted by atomic mass is 10.2. The molecule has 0 fully saturated rings. The Labute approximate surface area is 105 Å². The van der Waals surface area contributed by atoms with Gasteiger partial charge in [-0.25, -0.2) is 8.42 Å². The molecular weight excluding hydrogens is 329 g/mol. The van der Waals surface area contributed by atoms with Crippen LogP contribution >= 0.6 is 22.6 Å². The predicted octanol–water partition coefficient (Wildman–Crippen LogP) is 1.14. The maximum atomic E-state index is 11.3. The molecule has 1 amide bonds. The Kier molecular flexibility index (Phi) is 7.50. The number of amides is 1. The second-order valence-corrected chi connectivity index (χ2v) is 6.96. The third kappa shape index (κ3) is 7.10. The van der Waals surface area contributed by atoms with E-state index in [1.54, 1.807) is 0 Å². The maximum Gasteiger partial charge on any atom is 0.238 e. The standard InChI is InChI=1S/C9H18INO3S/c1-8(15(2,13)14)9(12)11-7-5-3-4-6-10/h8H,3-7H2,1-2H3,(H,11,12). The zero-order chi connectivity index (χ0) is 11.9. The Balaban J connectivity index is 3.76. The molecule has 0 aliphatic rings.